The van der Waals surface area contributed by atoms with Crippen LogP contribution in [-0.4, -0.2) is 80.6 Å². The standard InChI is InChI=1S/C42H77NO7/c1-6-8-10-12-14-16-18-20-22-24-26-28-30-32-40(44)49-37-38(36-48-35-34-39(42(46)47)43(3,4)5)50-41(45)33-31-29-27-25-23-21-19-17-15-13-11-9-7-2/h11,13,17,19,38-39H,6-10,12,14-16,18,20-37H2,1-5H3/p+1/b13-11-,19-17-. The smallest absolute Gasteiger partial charge is 0.362 e. The molecule has 0 saturated carbocycles. The Bertz CT molecular complexity index is 880. The summed E-state index contributed by atoms with van der Waals surface area (Å²) in [4.78, 5) is 36.8. The van der Waals surface area contributed by atoms with Gasteiger partial charge in [0, 0.05) is 19.3 Å². The van der Waals surface area contributed by atoms with Crippen LogP contribution in [0.2, 0.25) is 0 Å². The number of hydrogen-bond donors (Lipinski definition) is 1. The molecule has 0 saturated heterocycles. The number of rotatable bonds is 36. The van der Waals surface area contributed by atoms with Gasteiger partial charge < -0.3 is 23.8 Å². The zero-order valence-electron chi connectivity index (χ0n) is 33.1. The highest BCUT2D eigenvalue weighted by Crippen LogP contribution is 2.14. The predicted molar refractivity (Wildman–Crippen MR) is 206 cm³/mol. The Kier molecular flexibility index (Phi) is 32.4. The monoisotopic (exact) mass is 709 g/mol. The van der Waals surface area contributed by atoms with Gasteiger partial charge in [-0.3, -0.25) is 9.59 Å². The van der Waals surface area contributed by atoms with Crippen molar-refractivity contribution in [1.82, 2.24) is 0 Å². The molecule has 0 amide bonds. The molecule has 50 heavy (non-hydrogen) atoms. The van der Waals surface area contributed by atoms with Crippen LogP contribution in [0.5, 0.6) is 0 Å². The van der Waals surface area contributed by atoms with Gasteiger partial charge in [-0.25, -0.2) is 4.79 Å². The predicted octanol–water partition coefficient (Wildman–Crippen LogP) is 10.5. The number of nitrogens with zero attached hydrogens (tertiary/aromatic N) is 1. The van der Waals surface area contributed by atoms with Gasteiger partial charge in [0.25, 0.3) is 0 Å². The van der Waals surface area contributed by atoms with Gasteiger partial charge in [0.2, 0.25) is 0 Å². The summed E-state index contributed by atoms with van der Waals surface area (Å²) < 4.78 is 17.2. The van der Waals surface area contributed by atoms with Crippen molar-refractivity contribution in [3.8, 4) is 0 Å². The lowest BCUT2D eigenvalue weighted by Gasteiger charge is -2.31. The van der Waals surface area contributed by atoms with Crippen molar-refractivity contribution < 1.29 is 38.2 Å². The van der Waals surface area contributed by atoms with Gasteiger partial charge in [-0.2, -0.15) is 0 Å². The molecule has 0 rings (SSSR count). The minimum absolute atomic E-state index is 0.0530. The van der Waals surface area contributed by atoms with Crippen molar-refractivity contribution in [3.05, 3.63) is 24.3 Å². The lowest BCUT2D eigenvalue weighted by Crippen LogP contribution is -2.50. The maximum atomic E-state index is 12.7. The highest BCUT2D eigenvalue weighted by Gasteiger charge is 2.31. The molecule has 0 fully saturated rings. The highest BCUT2D eigenvalue weighted by atomic mass is 16.6. The van der Waals surface area contributed by atoms with Crippen molar-refractivity contribution >= 4 is 17.9 Å². The maximum Gasteiger partial charge on any atom is 0.362 e. The van der Waals surface area contributed by atoms with E-state index < -0.39 is 18.1 Å². The number of likely N-dealkylation sites (N-methyl/N-ethyl adjacent to an activating group) is 1. The normalized spacial score (nSPS) is 13.2. The molecule has 2 unspecified atom stereocenters. The fourth-order valence-electron chi connectivity index (χ4n) is 5.89. The van der Waals surface area contributed by atoms with Crippen LogP contribution in [-0.2, 0) is 28.6 Å². The quantitative estimate of drug-likeness (QED) is 0.0299. The summed E-state index contributed by atoms with van der Waals surface area (Å²) in [7, 11) is 5.52. The number of carbonyl (C=O) groups is 3. The van der Waals surface area contributed by atoms with E-state index in [4.69, 9.17) is 14.2 Å². The third kappa shape index (κ3) is 31.8. The molecular weight excluding hydrogens is 630 g/mol. The molecule has 0 aromatic heterocycles. The van der Waals surface area contributed by atoms with Gasteiger partial charge in [-0.05, 0) is 38.5 Å². The van der Waals surface area contributed by atoms with E-state index in [9.17, 15) is 19.5 Å². The molecule has 0 heterocycles. The first-order valence-corrected chi connectivity index (χ1v) is 20.4. The number of unbranched alkanes of at least 4 members (excludes halogenated alkanes) is 18. The molecular formula is C42H78NO7+. The first kappa shape index (κ1) is 47.8. The van der Waals surface area contributed by atoms with Crippen LogP contribution >= 0.6 is 0 Å². The number of ether oxygens (including phenoxy) is 3. The van der Waals surface area contributed by atoms with Crippen molar-refractivity contribution in [2.45, 2.75) is 187 Å². The Hall–Kier alpha value is -2.19. The lowest BCUT2D eigenvalue weighted by molar-refractivity contribution is -0.887. The molecule has 1 N–H and O–H groups in total. The Morgan fingerprint density at radius 1 is 0.600 bits per heavy atom. The molecule has 0 aliphatic heterocycles. The molecule has 8 nitrogen and oxygen atoms in total. The summed E-state index contributed by atoms with van der Waals surface area (Å²) in [6.07, 6.45) is 35.0. The fourth-order valence-corrected chi connectivity index (χ4v) is 5.89. The molecule has 0 aliphatic rings. The van der Waals surface area contributed by atoms with Crippen LogP contribution < -0.4 is 0 Å². The SMILES string of the molecule is CCC/C=C\C/C=C\CCCCCCCC(=O)OC(COCCC(C(=O)O)[N+](C)(C)C)COC(=O)CCCCCCCCCCCCCCC. The summed E-state index contributed by atoms with van der Waals surface area (Å²) in [6.45, 7) is 4.65. The lowest BCUT2D eigenvalue weighted by atomic mass is 10.0. The van der Waals surface area contributed by atoms with Gasteiger partial charge in [0.15, 0.2) is 12.1 Å². The first-order chi connectivity index (χ1) is 24.1. The van der Waals surface area contributed by atoms with E-state index in [1.807, 2.05) is 21.1 Å². The number of carboxylic acids is 1. The van der Waals surface area contributed by atoms with Gasteiger partial charge in [-0.15, -0.1) is 0 Å². The molecule has 0 aromatic rings. The largest absolute Gasteiger partial charge is 0.477 e. The Morgan fingerprint density at radius 3 is 1.62 bits per heavy atom. The van der Waals surface area contributed by atoms with Crippen LogP contribution in [0.4, 0.5) is 0 Å². The average molecular weight is 709 g/mol. The second kappa shape index (κ2) is 33.9. The first-order valence-electron chi connectivity index (χ1n) is 20.4. The zero-order valence-corrected chi connectivity index (χ0v) is 33.1. The molecule has 0 aliphatic carbocycles. The summed E-state index contributed by atoms with van der Waals surface area (Å²) in [5.74, 6) is -1.48. The van der Waals surface area contributed by atoms with Gasteiger partial charge in [0.1, 0.15) is 6.61 Å². The number of allylic oxidation sites excluding steroid dienone is 4. The maximum absolute atomic E-state index is 12.7. The average Bonchev–Trinajstić information content (AvgIpc) is 3.06. The zero-order chi connectivity index (χ0) is 37.1. The van der Waals surface area contributed by atoms with E-state index in [0.29, 0.717) is 19.3 Å². The van der Waals surface area contributed by atoms with Gasteiger partial charge in [0.05, 0.1) is 34.4 Å². The van der Waals surface area contributed by atoms with Crippen molar-refractivity contribution in [3.63, 3.8) is 0 Å². The Morgan fingerprint density at radius 2 is 1.10 bits per heavy atom. The molecule has 0 radical (unpaired) electrons. The second-order valence-electron chi connectivity index (χ2n) is 14.9. The van der Waals surface area contributed by atoms with Crippen molar-refractivity contribution in [2.75, 3.05) is 41.0 Å². The van der Waals surface area contributed by atoms with E-state index >= 15 is 0 Å². The molecule has 0 spiro atoms. The van der Waals surface area contributed by atoms with Crippen LogP contribution in [0.25, 0.3) is 0 Å². The molecule has 0 aromatic carbocycles. The number of carbonyl (C=O) groups excluding carboxylic acids is 2. The van der Waals surface area contributed by atoms with Crippen LogP contribution in [0.3, 0.4) is 0 Å². The summed E-state index contributed by atoms with van der Waals surface area (Å²) >= 11 is 0. The molecule has 8 heteroatoms. The highest BCUT2D eigenvalue weighted by molar-refractivity contribution is 5.72. The number of carboxylic acid groups (broad SMARTS) is 1. The number of quaternary nitrogens is 1. The minimum Gasteiger partial charge on any atom is -0.477 e. The van der Waals surface area contributed by atoms with Crippen LogP contribution in [0.1, 0.15) is 174 Å². The molecule has 292 valence electrons. The fraction of sp³-hybridized carbons (Fsp3) is 0.833. The Labute approximate surface area is 307 Å². The van der Waals surface area contributed by atoms with E-state index in [0.717, 1.165) is 70.6 Å². The van der Waals surface area contributed by atoms with Gasteiger partial charge in [-0.1, -0.05) is 141 Å². The summed E-state index contributed by atoms with van der Waals surface area (Å²) in [5.41, 5.74) is 0. The van der Waals surface area contributed by atoms with Crippen LogP contribution in [0.15, 0.2) is 24.3 Å². The third-order valence-corrected chi connectivity index (χ3v) is 9.08. The van der Waals surface area contributed by atoms with E-state index in [2.05, 4.69) is 38.2 Å². The summed E-state index contributed by atoms with van der Waals surface area (Å²) in [5, 5.41) is 9.59. The minimum atomic E-state index is -0.877. The third-order valence-electron chi connectivity index (χ3n) is 9.08. The topological polar surface area (TPSA) is 99.1 Å². The van der Waals surface area contributed by atoms with Gasteiger partial charge >= 0.3 is 17.9 Å². The van der Waals surface area contributed by atoms with Crippen molar-refractivity contribution in [1.29, 1.82) is 0 Å². The Balaban J connectivity index is 4.40. The molecule has 2 atom stereocenters. The second-order valence-corrected chi connectivity index (χ2v) is 14.9. The van der Waals surface area contributed by atoms with E-state index in [1.165, 1.54) is 70.6 Å². The van der Waals surface area contributed by atoms with E-state index in [-0.39, 0.29) is 36.2 Å². The summed E-state index contributed by atoms with van der Waals surface area (Å²) in [6, 6.07) is -0.613. The van der Waals surface area contributed by atoms with E-state index in [1.54, 1.807) is 0 Å². The number of hydrogen-bond acceptors (Lipinski definition) is 6. The number of aliphatic carboxylic acids is 1. The number of esters is 2. The van der Waals surface area contributed by atoms with Crippen molar-refractivity contribution in [2.24, 2.45) is 0 Å². The van der Waals surface area contributed by atoms with Crippen LogP contribution in [0, 0.1) is 0 Å². The molecule has 0 bridgehead atoms.